The number of aromatic nitrogens is 2. The third-order valence-electron chi connectivity index (χ3n) is 8.29. The van der Waals surface area contributed by atoms with Crippen LogP contribution in [0.2, 0.25) is 0 Å². The van der Waals surface area contributed by atoms with E-state index < -0.39 is 0 Å². The molecule has 7 heteroatoms. The molecule has 48 heavy (non-hydrogen) atoms. The molecule has 3 aliphatic rings. The van der Waals surface area contributed by atoms with E-state index in [1.165, 1.54) is 36.7 Å². The normalized spacial score (nSPS) is 15.6. The van der Waals surface area contributed by atoms with Crippen LogP contribution in [-0.4, -0.2) is 16.2 Å². The Morgan fingerprint density at radius 2 is 1.08 bits per heavy atom. The summed E-state index contributed by atoms with van der Waals surface area (Å²) in [6.45, 7) is 4.00. The highest BCUT2D eigenvalue weighted by molar-refractivity contribution is 8.03. The molecule has 6 aromatic rings. The van der Waals surface area contributed by atoms with Crippen molar-refractivity contribution in [2.75, 3.05) is 9.80 Å². The van der Waals surface area contributed by atoms with Crippen LogP contribution in [0.3, 0.4) is 0 Å². The Bertz CT molecular complexity index is 2140. The topological polar surface area (TPSA) is 45.4 Å². The standard InChI is InChI=1S/C39H26N4OS2.C2H6/c1-2-10-31-25-30(9-1)42(32-11-3-6-14-35(32)45-31)28-21-17-26(18-22-28)38-40-41-39(44-38)27-19-23-29(24-20-27)43-33-12-4-7-15-36(33)46-37-16-8-5-13-34(37)43;1-2/h1-25,30H;1-2H3. The smallest absolute Gasteiger partial charge is 0.248 e. The first-order chi connectivity index (χ1) is 23.8. The summed E-state index contributed by atoms with van der Waals surface area (Å²) in [4.78, 5) is 9.64. The van der Waals surface area contributed by atoms with Crippen LogP contribution in [0.5, 0.6) is 0 Å². The second-order valence-electron chi connectivity index (χ2n) is 11.1. The summed E-state index contributed by atoms with van der Waals surface area (Å²) in [5.74, 6) is 0.988. The van der Waals surface area contributed by atoms with Crippen molar-refractivity contribution >= 4 is 52.0 Å². The molecule has 0 spiro atoms. The molecule has 1 unspecified atom stereocenters. The number of allylic oxidation sites excluding steroid dienone is 3. The third-order valence-corrected chi connectivity index (χ3v) is 10.5. The predicted octanol–water partition coefficient (Wildman–Crippen LogP) is 12.0. The van der Waals surface area contributed by atoms with Crippen LogP contribution >= 0.6 is 23.5 Å². The summed E-state index contributed by atoms with van der Waals surface area (Å²) < 4.78 is 6.21. The Morgan fingerprint density at radius 3 is 1.69 bits per heavy atom. The van der Waals surface area contributed by atoms with Gasteiger partial charge in [-0.1, -0.05) is 92.0 Å². The van der Waals surface area contributed by atoms with E-state index in [1.807, 2.05) is 26.0 Å². The quantitative estimate of drug-likeness (QED) is 0.186. The van der Waals surface area contributed by atoms with Gasteiger partial charge in [-0.15, -0.1) is 10.2 Å². The van der Waals surface area contributed by atoms with Gasteiger partial charge in [0.05, 0.1) is 23.1 Å². The number of thioether (sulfide) groups is 1. The van der Waals surface area contributed by atoms with Crippen molar-refractivity contribution in [1.82, 2.24) is 10.2 Å². The molecular formula is C41H32N4OS2. The lowest BCUT2D eigenvalue weighted by atomic mass is 10.1. The van der Waals surface area contributed by atoms with Gasteiger partial charge in [0.1, 0.15) is 0 Å². The third kappa shape index (κ3) is 5.55. The van der Waals surface area contributed by atoms with E-state index >= 15 is 0 Å². The second-order valence-corrected chi connectivity index (χ2v) is 13.3. The number of rotatable bonds is 4. The van der Waals surface area contributed by atoms with Crippen molar-refractivity contribution in [2.45, 2.75) is 34.6 Å². The lowest BCUT2D eigenvalue weighted by Gasteiger charge is -2.32. The van der Waals surface area contributed by atoms with E-state index in [1.54, 1.807) is 23.5 Å². The van der Waals surface area contributed by atoms with Crippen LogP contribution in [0.25, 0.3) is 22.9 Å². The zero-order valence-electron chi connectivity index (χ0n) is 26.5. The van der Waals surface area contributed by atoms with E-state index in [9.17, 15) is 0 Å². The molecule has 0 saturated heterocycles. The Hall–Kier alpha value is -5.24. The molecule has 234 valence electrons. The molecule has 1 aromatic heterocycles. The minimum Gasteiger partial charge on any atom is -0.416 e. The van der Waals surface area contributed by atoms with Crippen molar-refractivity contribution in [3.05, 3.63) is 157 Å². The second kappa shape index (κ2) is 13.1. The molecule has 5 aromatic carbocycles. The van der Waals surface area contributed by atoms with Gasteiger partial charge >= 0.3 is 0 Å². The molecule has 2 bridgehead atoms. The first-order valence-electron chi connectivity index (χ1n) is 16.1. The van der Waals surface area contributed by atoms with E-state index in [0.717, 1.165) is 22.5 Å². The van der Waals surface area contributed by atoms with Crippen LogP contribution < -0.4 is 9.80 Å². The molecule has 1 atom stereocenters. The molecule has 0 saturated carbocycles. The monoisotopic (exact) mass is 660 g/mol. The number of hydrogen-bond donors (Lipinski definition) is 0. The fourth-order valence-corrected chi connectivity index (χ4v) is 8.22. The predicted molar refractivity (Wildman–Crippen MR) is 200 cm³/mol. The molecule has 1 aliphatic carbocycles. The van der Waals surface area contributed by atoms with Crippen LogP contribution in [-0.2, 0) is 0 Å². The molecular weight excluding hydrogens is 629 g/mol. The Kier molecular flexibility index (Phi) is 8.22. The van der Waals surface area contributed by atoms with Gasteiger partial charge in [-0.3, -0.25) is 0 Å². The summed E-state index contributed by atoms with van der Waals surface area (Å²) in [6, 6.07) is 42.5. The van der Waals surface area contributed by atoms with Gasteiger partial charge < -0.3 is 14.2 Å². The van der Waals surface area contributed by atoms with Crippen molar-refractivity contribution in [3.63, 3.8) is 0 Å². The van der Waals surface area contributed by atoms with Crippen molar-refractivity contribution in [3.8, 4) is 22.9 Å². The van der Waals surface area contributed by atoms with E-state index in [0.29, 0.717) is 11.8 Å². The van der Waals surface area contributed by atoms with Gasteiger partial charge in [0, 0.05) is 42.1 Å². The minimum atomic E-state index is 0.107. The van der Waals surface area contributed by atoms with Gasteiger partial charge in [0.15, 0.2) is 0 Å². The highest BCUT2D eigenvalue weighted by atomic mass is 32.2. The Labute approximate surface area is 289 Å². The van der Waals surface area contributed by atoms with Gasteiger partial charge in [0.2, 0.25) is 11.8 Å². The summed E-state index contributed by atoms with van der Waals surface area (Å²) in [7, 11) is 0. The molecule has 2 aliphatic heterocycles. The zero-order chi connectivity index (χ0) is 32.5. The number of para-hydroxylation sites is 3. The number of hydrogen-bond acceptors (Lipinski definition) is 7. The van der Waals surface area contributed by atoms with Gasteiger partial charge in [-0.05, 0) is 97.1 Å². The summed E-state index contributed by atoms with van der Waals surface area (Å²) in [5.41, 5.74) is 7.47. The van der Waals surface area contributed by atoms with Crippen LogP contribution in [0.15, 0.2) is 176 Å². The number of nitrogens with zero attached hydrogens (tertiary/aromatic N) is 4. The molecule has 0 radical (unpaired) electrons. The average Bonchev–Trinajstić information content (AvgIpc) is 3.46. The zero-order valence-corrected chi connectivity index (χ0v) is 28.2. The first-order valence-corrected chi connectivity index (χ1v) is 17.7. The first kappa shape index (κ1) is 30.1. The van der Waals surface area contributed by atoms with Gasteiger partial charge in [-0.2, -0.15) is 0 Å². The van der Waals surface area contributed by atoms with E-state index in [2.05, 4.69) is 160 Å². The van der Waals surface area contributed by atoms with Crippen LogP contribution in [0.1, 0.15) is 13.8 Å². The fourth-order valence-electron chi connectivity index (χ4n) is 6.13. The van der Waals surface area contributed by atoms with E-state index in [4.69, 9.17) is 4.42 Å². The summed E-state index contributed by atoms with van der Waals surface area (Å²) in [5, 5.41) is 8.83. The average molecular weight is 661 g/mol. The molecule has 9 rings (SSSR count). The molecule has 0 amide bonds. The number of benzene rings is 5. The molecule has 3 heterocycles. The maximum absolute atomic E-state index is 6.21. The molecule has 5 nitrogen and oxygen atoms in total. The van der Waals surface area contributed by atoms with Crippen LogP contribution in [0, 0.1) is 0 Å². The Balaban J connectivity index is 0.00000165. The van der Waals surface area contributed by atoms with Crippen molar-refractivity contribution in [1.29, 1.82) is 0 Å². The number of fused-ring (bicyclic) bond motifs is 4. The minimum absolute atomic E-state index is 0.107. The summed E-state index contributed by atoms with van der Waals surface area (Å²) >= 11 is 3.61. The summed E-state index contributed by atoms with van der Waals surface area (Å²) in [6.07, 6.45) is 11.0. The lowest BCUT2D eigenvalue weighted by Crippen LogP contribution is -2.27. The number of anilines is 5. The van der Waals surface area contributed by atoms with Crippen LogP contribution in [0.4, 0.5) is 28.4 Å². The Morgan fingerprint density at radius 1 is 0.562 bits per heavy atom. The van der Waals surface area contributed by atoms with Gasteiger partial charge in [-0.25, -0.2) is 0 Å². The largest absolute Gasteiger partial charge is 0.416 e. The maximum Gasteiger partial charge on any atom is 0.248 e. The van der Waals surface area contributed by atoms with Crippen molar-refractivity contribution < 1.29 is 4.42 Å². The maximum atomic E-state index is 6.21. The highest BCUT2D eigenvalue weighted by Crippen LogP contribution is 2.51. The van der Waals surface area contributed by atoms with E-state index in [-0.39, 0.29) is 6.04 Å². The molecule has 0 fully saturated rings. The van der Waals surface area contributed by atoms with Gasteiger partial charge in [0.25, 0.3) is 0 Å². The SMILES string of the molecule is C1=CC2=CC(C=C1)N(c1ccc(-c3nnc(-c4ccc(N5c6ccccc6Sc6ccccc65)cc4)o3)cc1)c1ccccc1S2.CC. The highest BCUT2D eigenvalue weighted by Gasteiger charge is 2.26. The fraction of sp³-hybridized carbons (Fsp3) is 0.0732. The molecule has 0 N–H and O–H groups in total. The van der Waals surface area contributed by atoms with Crippen molar-refractivity contribution in [2.24, 2.45) is 0 Å². The lowest BCUT2D eigenvalue weighted by molar-refractivity contribution is 0.584.